The summed E-state index contributed by atoms with van der Waals surface area (Å²) in [7, 11) is -4.47. The molecule has 0 radical (unpaired) electrons. The molecule has 2 aliphatic rings. The van der Waals surface area contributed by atoms with Gasteiger partial charge >= 0.3 is 25.8 Å². The molecule has 2 rings (SSSR count). The Balaban J connectivity index is 1.54. The van der Waals surface area contributed by atoms with Crippen molar-refractivity contribution < 1.29 is 47.2 Å². The number of carbonyl (C=O) groups excluding carboxylic acids is 4. The predicted octanol–water partition coefficient (Wildman–Crippen LogP) is 0.457. The predicted molar refractivity (Wildman–Crippen MR) is 121 cm³/mol. The first kappa shape index (κ1) is 28.4. The number of carbonyl (C=O) groups is 4. The molecular weight excluding hydrogens is 493 g/mol. The summed E-state index contributed by atoms with van der Waals surface area (Å²) in [6.45, 7) is 1.18. The molecule has 2 heterocycles. The molecule has 194 valence electrons. The fourth-order valence-corrected chi connectivity index (χ4v) is 5.78. The third kappa shape index (κ3) is 10.6. The summed E-state index contributed by atoms with van der Waals surface area (Å²) in [5, 5.41) is 8.77. The van der Waals surface area contributed by atoms with E-state index in [0.717, 1.165) is 32.4 Å². The third-order valence-corrected chi connectivity index (χ3v) is 7.48. The molecule has 3 unspecified atom stereocenters. The first-order chi connectivity index (χ1) is 16.1. The van der Waals surface area contributed by atoms with Crippen molar-refractivity contribution in [1.82, 2.24) is 16.0 Å². The van der Waals surface area contributed by atoms with Gasteiger partial charge in [0.05, 0.1) is 25.3 Å². The molecule has 4 N–H and O–H groups in total. The zero-order valence-electron chi connectivity index (χ0n) is 19.2. The van der Waals surface area contributed by atoms with Gasteiger partial charge in [0.2, 0.25) is 5.91 Å². The number of thioether (sulfide) groups is 1. The van der Waals surface area contributed by atoms with Gasteiger partial charge in [-0.3, -0.25) is 23.4 Å². The lowest BCUT2D eigenvalue weighted by Gasteiger charge is -2.18. The van der Waals surface area contributed by atoms with Crippen LogP contribution in [-0.2, 0) is 37.5 Å². The van der Waals surface area contributed by atoms with Crippen molar-refractivity contribution in [3.8, 4) is 0 Å². The number of phosphoric ester groups is 1. The Morgan fingerprint density at radius 2 is 1.94 bits per heavy atom. The average molecular weight is 526 g/mol. The highest BCUT2D eigenvalue weighted by Crippen LogP contribution is 2.43. The number of amides is 3. The van der Waals surface area contributed by atoms with Gasteiger partial charge in [0.15, 0.2) is 6.10 Å². The Labute approximate surface area is 202 Å². The molecule has 2 fully saturated rings. The number of ether oxygens (including phenoxy) is 2. The van der Waals surface area contributed by atoms with E-state index in [-0.39, 0.29) is 43.8 Å². The lowest BCUT2D eigenvalue weighted by Crippen LogP contribution is -2.36. The quantitative estimate of drug-likeness (QED) is 0.101. The minimum atomic E-state index is -4.47. The SMILES string of the molecule is CC(=O)OCC(COP(=O)(O)OCCNC(=O)CCCCC1SC[C@@H]2NC(=O)N[C@H]12)OC(C)=O. The first-order valence-electron chi connectivity index (χ1n) is 10.9. The minimum Gasteiger partial charge on any atom is -0.462 e. The summed E-state index contributed by atoms with van der Waals surface area (Å²) in [5.41, 5.74) is 0. The van der Waals surface area contributed by atoms with Gasteiger partial charge < -0.3 is 30.3 Å². The standard InChI is InChI=1S/C19H32N3O10PS/c1-12(23)29-9-14(32-13(2)24)10-31-33(27,28)30-8-7-20-17(25)6-4-3-5-16-18-15(11-34-16)21-19(26)22-18/h14-16,18H,3-11H2,1-2H3,(H,20,25)(H,27,28)(H2,21,22,26)/t14?,15-,16?,18-/m0/s1. The average Bonchev–Trinajstić information content (AvgIpc) is 3.29. The van der Waals surface area contributed by atoms with Gasteiger partial charge in [-0.25, -0.2) is 9.36 Å². The molecule has 0 aromatic carbocycles. The fourth-order valence-electron chi connectivity index (χ4n) is 3.49. The molecular formula is C19H32N3O10PS. The lowest BCUT2D eigenvalue weighted by atomic mass is 10.0. The van der Waals surface area contributed by atoms with Crippen molar-refractivity contribution in [2.75, 3.05) is 32.1 Å². The molecule has 2 saturated heterocycles. The van der Waals surface area contributed by atoms with Gasteiger partial charge in [-0.1, -0.05) is 6.42 Å². The van der Waals surface area contributed by atoms with E-state index in [4.69, 9.17) is 18.5 Å². The van der Waals surface area contributed by atoms with E-state index in [9.17, 15) is 28.6 Å². The number of nitrogens with one attached hydrogen (secondary N) is 3. The molecule has 13 nitrogen and oxygen atoms in total. The van der Waals surface area contributed by atoms with Crippen LogP contribution in [0.15, 0.2) is 0 Å². The molecule has 0 aromatic rings. The second-order valence-electron chi connectivity index (χ2n) is 7.85. The molecule has 34 heavy (non-hydrogen) atoms. The van der Waals surface area contributed by atoms with E-state index in [2.05, 4.69) is 16.0 Å². The fraction of sp³-hybridized carbons (Fsp3) is 0.789. The Bertz CT molecular complexity index is 785. The number of urea groups is 1. The van der Waals surface area contributed by atoms with Crippen LogP contribution in [0, 0.1) is 0 Å². The zero-order chi connectivity index (χ0) is 25.1. The highest BCUT2D eigenvalue weighted by atomic mass is 32.2. The highest BCUT2D eigenvalue weighted by Gasteiger charge is 2.42. The van der Waals surface area contributed by atoms with E-state index in [1.165, 1.54) is 0 Å². The molecule has 0 bridgehead atoms. The van der Waals surface area contributed by atoms with Crippen LogP contribution in [0.5, 0.6) is 0 Å². The van der Waals surface area contributed by atoms with Gasteiger partial charge in [0.25, 0.3) is 0 Å². The smallest absolute Gasteiger partial charge is 0.462 e. The number of phosphoric acid groups is 1. The van der Waals surface area contributed by atoms with Crippen LogP contribution < -0.4 is 16.0 Å². The molecule has 0 aliphatic carbocycles. The summed E-state index contributed by atoms with van der Waals surface area (Å²) < 4.78 is 31.1. The Hall–Kier alpha value is -1.86. The van der Waals surface area contributed by atoms with Crippen molar-refractivity contribution in [2.24, 2.45) is 0 Å². The molecule has 0 spiro atoms. The second kappa shape index (κ2) is 13.9. The van der Waals surface area contributed by atoms with Crippen molar-refractivity contribution in [3.05, 3.63) is 0 Å². The van der Waals surface area contributed by atoms with Crippen molar-refractivity contribution in [3.63, 3.8) is 0 Å². The maximum absolute atomic E-state index is 11.9. The van der Waals surface area contributed by atoms with E-state index in [1.807, 2.05) is 11.8 Å². The normalized spacial score (nSPS) is 23.7. The van der Waals surface area contributed by atoms with E-state index >= 15 is 0 Å². The number of esters is 2. The van der Waals surface area contributed by atoms with Crippen LogP contribution in [0.3, 0.4) is 0 Å². The zero-order valence-corrected chi connectivity index (χ0v) is 20.9. The number of unbranched alkanes of at least 4 members (excludes halogenated alkanes) is 1. The number of rotatable bonds is 15. The maximum atomic E-state index is 11.9. The van der Waals surface area contributed by atoms with Crippen LogP contribution in [0.2, 0.25) is 0 Å². The van der Waals surface area contributed by atoms with Gasteiger partial charge in [-0.05, 0) is 12.8 Å². The highest BCUT2D eigenvalue weighted by molar-refractivity contribution is 8.00. The Morgan fingerprint density at radius 1 is 1.18 bits per heavy atom. The summed E-state index contributed by atoms with van der Waals surface area (Å²) in [6.07, 6.45) is 1.67. The maximum Gasteiger partial charge on any atom is 0.472 e. The number of hydrogen-bond acceptors (Lipinski definition) is 10. The molecule has 0 saturated carbocycles. The topological polar surface area (TPSA) is 179 Å². The molecule has 15 heteroatoms. The summed E-state index contributed by atoms with van der Waals surface area (Å²) >= 11 is 1.82. The van der Waals surface area contributed by atoms with Gasteiger partial charge in [0.1, 0.15) is 6.61 Å². The van der Waals surface area contributed by atoms with Crippen LogP contribution >= 0.6 is 19.6 Å². The van der Waals surface area contributed by atoms with E-state index in [0.29, 0.717) is 18.1 Å². The largest absolute Gasteiger partial charge is 0.472 e. The summed E-state index contributed by atoms with van der Waals surface area (Å²) in [5.74, 6) is -0.599. The molecule has 2 aliphatic heterocycles. The number of hydrogen-bond donors (Lipinski definition) is 4. The Morgan fingerprint density at radius 3 is 2.65 bits per heavy atom. The summed E-state index contributed by atoms with van der Waals surface area (Å²) in [4.78, 5) is 55.0. The van der Waals surface area contributed by atoms with Gasteiger partial charge in [0, 0.05) is 37.8 Å². The Kier molecular flexibility index (Phi) is 11.6. The monoisotopic (exact) mass is 525 g/mol. The first-order valence-corrected chi connectivity index (χ1v) is 13.5. The van der Waals surface area contributed by atoms with E-state index < -0.39 is 32.5 Å². The minimum absolute atomic E-state index is 0.00744. The van der Waals surface area contributed by atoms with Gasteiger partial charge in [-0.2, -0.15) is 11.8 Å². The molecule has 5 atom stereocenters. The lowest BCUT2D eigenvalue weighted by molar-refractivity contribution is -0.158. The number of fused-ring (bicyclic) bond motifs is 1. The second-order valence-corrected chi connectivity index (χ2v) is 10.6. The molecule has 0 aromatic heterocycles. The molecule has 3 amide bonds. The van der Waals surface area contributed by atoms with Crippen LogP contribution in [-0.4, -0.2) is 84.3 Å². The van der Waals surface area contributed by atoms with Crippen molar-refractivity contribution >= 4 is 43.5 Å². The van der Waals surface area contributed by atoms with Crippen molar-refractivity contribution in [1.29, 1.82) is 0 Å². The van der Waals surface area contributed by atoms with Gasteiger partial charge in [-0.15, -0.1) is 0 Å². The third-order valence-electron chi connectivity index (χ3n) is 4.99. The summed E-state index contributed by atoms with van der Waals surface area (Å²) in [6, 6.07) is 0.204. The van der Waals surface area contributed by atoms with Crippen molar-refractivity contribution in [2.45, 2.75) is 63.0 Å². The van der Waals surface area contributed by atoms with Crippen LogP contribution in [0.25, 0.3) is 0 Å². The van der Waals surface area contributed by atoms with E-state index in [1.54, 1.807) is 0 Å². The van der Waals surface area contributed by atoms with Crippen LogP contribution in [0.1, 0.15) is 39.5 Å². The van der Waals surface area contributed by atoms with Crippen LogP contribution in [0.4, 0.5) is 4.79 Å².